The monoisotopic (exact) mass is 445 g/mol. The number of carbonyl (C=O) groups excluding carboxylic acids is 3. The van der Waals surface area contributed by atoms with Gasteiger partial charge in [0.1, 0.15) is 5.82 Å². The van der Waals surface area contributed by atoms with E-state index in [0.29, 0.717) is 16.8 Å². The predicted molar refractivity (Wildman–Crippen MR) is 123 cm³/mol. The number of aryl methyl sites for hydroxylation is 3. The molecule has 4 aromatic rings. The molecule has 0 radical (unpaired) electrons. The largest absolute Gasteiger partial charge is 0.459 e. The Labute approximate surface area is 189 Å². The highest BCUT2D eigenvalue weighted by molar-refractivity contribution is 6.04. The van der Waals surface area contributed by atoms with Crippen LogP contribution >= 0.6 is 0 Å². The molecule has 9 nitrogen and oxygen atoms in total. The molecule has 0 saturated heterocycles. The standard InChI is InChI=1S/C24H23N5O4/c1-4-29-15(3)25-19-13-17(9-10-20(19)29)23(31)28-27-22(30)16-8-7-14(2)18(12-16)26-24(32)21-6-5-11-33-21/h5-13H,4H2,1-3H3,(H,26,32)(H,27,30)(H,28,31). The average molecular weight is 445 g/mol. The molecule has 33 heavy (non-hydrogen) atoms. The Hall–Kier alpha value is -4.40. The highest BCUT2D eigenvalue weighted by Gasteiger charge is 2.15. The number of furan rings is 1. The van der Waals surface area contributed by atoms with Crippen molar-refractivity contribution in [1.82, 2.24) is 20.4 Å². The molecule has 0 aliphatic rings. The van der Waals surface area contributed by atoms with Gasteiger partial charge in [0.15, 0.2) is 5.76 Å². The first-order valence-electron chi connectivity index (χ1n) is 10.4. The molecule has 2 aromatic heterocycles. The summed E-state index contributed by atoms with van der Waals surface area (Å²) in [6.45, 7) is 6.53. The molecule has 0 bridgehead atoms. The second-order valence-corrected chi connectivity index (χ2v) is 7.48. The van der Waals surface area contributed by atoms with Gasteiger partial charge in [-0.15, -0.1) is 0 Å². The van der Waals surface area contributed by atoms with Crippen molar-refractivity contribution >= 4 is 34.4 Å². The molecule has 3 N–H and O–H groups in total. The van der Waals surface area contributed by atoms with Crippen LogP contribution in [-0.2, 0) is 6.54 Å². The average Bonchev–Trinajstić information content (AvgIpc) is 3.45. The maximum absolute atomic E-state index is 12.6. The molecule has 0 atom stereocenters. The highest BCUT2D eigenvalue weighted by atomic mass is 16.3. The van der Waals surface area contributed by atoms with Crippen LogP contribution in [0, 0.1) is 13.8 Å². The second kappa shape index (κ2) is 8.99. The number of nitrogens with one attached hydrogen (secondary N) is 3. The molecule has 2 heterocycles. The third-order valence-corrected chi connectivity index (χ3v) is 5.30. The number of anilines is 1. The minimum absolute atomic E-state index is 0.160. The van der Waals surface area contributed by atoms with Crippen molar-refractivity contribution in [2.75, 3.05) is 5.32 Å². The Kier molecular flexibility index (Phi) is 5.95. The third-order valence-electron chi connectivity index (χ3n) is 5.30. The maximum Gasteiger partial charge on any atom is 0.291 e. The number of hydrogen-bond donors (Lipinski definition) is 3. The Bertz CT molecular complexity index is 1350. The van der Waals surface area contributed by atoms with E-state index in [1.807, 2.05) is 19.9 Å². The summed E-state index contributed by atoms with van der Waals surface area (Å²) >= 11 is 0. The lowest BCUT2D eigenvalue weighted by Crippen LogP contribution is -2.41. The number of hydrogen-bond acceptors (Lipinski definition) is 5. The van der Waals surface area contributed by atoms with Crippen LogP contribution in [0.4, 0.5) is 5.69 Å². The number of fused-ring (bicyclic) bond motifs is 1. The molecule has 4 rings (SSSR count). The van der Waals surface area contributed by atoms with Crippen LogP contribution in [0.5, 0.6) is 0 Å². The molecule has 3 amide bonds. The van der Waals surface area contributed by atoms with Gasteiger partial charge in [-0.05, 0) is 68.8 Å². The maximum atomic E-state index is 12.6. The molecule has 0 spiro atoms. The first kappa shape index (κ1) is 21.8. The van der Waals surface area contributed by atoms with E-state index in [-0.39, 0.29) is 11.3 Å². The molecule has 0 aliphatic carbocycles. The van der Waals surface area contributed by atoms with Gasteiger partial charge in [0.2, 0.25) is 0 Å². The number of carbonyl (C=O) groups is 3. The van der Waals surface area contributed by atoms with Crippen molar-refractivity contribution in [2.24, 2.45) is 0 Å². The van der Waals surface area contributed by atoms with Crippen LogP contribution in [0.25, 0.3) is 11.0 Å². The van der Waals surface area contributed by atoms with Crippen molar-refractivity contribution in [1.29, 1.82) is 0 Å². The van der Waals surface area contributed by atoms with Crippen LogP contribution in [0.3, 0.4) is 0 Å². The van der Waals surface area contributed by atoms with Gasteiger partial charge in [-0.2, -0.15) is 0 Å². The van der Waals surface area contributed by atoms with Gasteiger partial charge in [0.25, 0.3) is 17.7 Å². The third kappa shape index (κ3) is 4.47. The van der Waals surface area contributed by atoms with Crippen LogP contribution < -0.4 is 16.2 Å². The summed E-state index contributed by atoms with van der Waals surface area (Å²) in [4.78, 5) is 41.9. The van der Waals surface area contributed by atoms with Gasteiger partial charge in [-0.3, -0.25) is 25.2 Å². The fourth-order valence-electron chi connectivity index (χ4n) is 3.54. The molecular weight excluding hydrogens is 422 g/mol. The molecule has 0 fully saturated rings. The van der Waals surface area contributed by atoms with E-state index >= 15 is 0 Å². The normalized spacial score (nSPS) is 10.8. The molecular formula is C24H23N5O4. The summed E-state index contributed by atoms with van der Waals surface area (Å²) in [5, 5.41) is 2.72. The van der Waals surface area contributed by atoms with Crippen molar-refractivity contribution in [3.05, 3.63) is 83.1 Å². The van der Waals surface area contributed by atoms with Gasteiger partial charge < -0.3 is 14.3 Å². The van der Waals surface area contributed by atoms with E-state index in [2.05, 4.69) is 25.7 Å². The fraction of sp³-hybridized carbons (Fsp3) is 0.167. The Morgan fingerprint density at radius 1 is 0.939 bits per heavy atom. The fourth-order valence-corrected chi connectivity index (χ4v) is 3.54. The zero-order valence-electron chi connectivity index (χ0n) is 18.4. The van der Waals surface area contributed by atoms with E-state index in [9.17, 15) is 14.4 Å². The van der Waals surface area contributed by atoms with E-state index in [0.717, 1.165) is 23.4 Å². The number of amides is 3. The Morgan fingerprint density at radius 2 is 1.64 bits per heavy atom. The first-order valence-corrected chi connectivity index (χ1v) is 10.4. The quantitative estimate of drug-likeness (QED) is 0.406. The predicted octanol–water partition coefficient (Wildman–Crippen LogP) is 3.59. The van der Waals surface area contributed by atoms with Gasteiger partial charge in [-0.25, -0.2) is 4.98 Å². The van der Waals surface area contributed by atoms with Crippen LogP contribution in [0.15, 0.2) is 59.2 Å². The van der Waals surface area contributed by atoms with Gasteiger partial charge in [-0.1, -0.05) is 6.07 Å². The molecule has 168 valence electrons. The Balaban J connectivity index is 1.43. The summed E-state index contributed by atoms with van der Waals surface area (Å²) < 4.78 is 7.14. The van der Waals surface area contributed by atoms with Gasteiger partial charge >= 0.3 is 0 Å². The lowest BCUT2D eigenvalue weighted by molar-refractivity contribution is 0.0847. The molecule has 9 heteroatoms. The smallest absolute Gasteiger partial charge is 0.291 e. The summed E-state index contributed by atoms with van der Waals surface area (Å²) in [6.07, 6.45) is 1.41. The van der Waals surface area contributed by atoms with Crippen molar-refractivity contribution in [3.8, 4) is 0 Å². The summed E-state index contributed by atoms with van der Waals surface area (Å²) in [5.41, 5.74) is 8.35. The van der Waals surface area contributed by atoms with Gasteiger partial charge in [0, 0.05) is 23.4 Å². The van der Waals surface area contributed by atoms with E-state index < -0.39 is 17.7 Å². The number of rotatable bonds is 5. The second-order valence-electron chi connectivity index (χ2n) is 7.48. The van der Waals surface area contributed by atoms with Gasteiger partial charge in [0.05, 0.1) is 17.3 Å². The van der Waals surface area contributed by atoms with Crippen LogP contribution in [0.1, 0.15) is 49.6 Å². The minimum Gasteiger partial charge on any atom is -0.459 e. The zero-order valence-corrected chi connectivity index (χ0v) is 18.4. The number of aromatic nitrogens is 2. The number of benzene rings is 2. The van der Waals surface area contributed by atoms with Crippen molar-refractivity contribution in [3.63, 3.8) is 0 Å². The molecule has 0 aliphatic heterocycles. The molecule has 0 unspecified atom stereocenters. The van der Waals surface area contributed by atoms with Crippen molar-refractivity contribution < 1.29 is 18.8 Å². The Morgan fingerprint density at radius 3 is 2.30 bits per heavy atom. The summed E-state index contributed by atoms with van der Waals surface area (Å²) in [7, 11) is 0. The number of nitrogens with zero attached hydrogens (tertiary/aromatic N) is 2. The summed E-state index contributed by atoms with van der Waals surface area (Å²) in [5.74, 6) is -0.387. The van der Waals surface area contributed by atoms with E-state index in [1.54, 1.807) is 43.3 Å². The van der Waals surface area contributed by atoms with Crippen molar-refractivity contribution in [2.45, 2.75) is 27.3 Å². The SMILES string of the molecule is CCn1c(C)nc2cc(C(=O)NNC(=O)c3ccc(C)c(NC(=O)c4ccco4)c3)ccc21. The lowest BCUT2D eigenvalue weighted by Gasteiger charge is -2.11. The first-order chi connectivity index (χ1) is 15.9. The van der Waals surface area contributed by atoms with E-state index in [1.165, 1.54) is 12.3 Å². The van der Waals surface area contributed by atoms with E-state index in [4.69, 9.17) is 4.42 Å². The van der Waals surface area contributed by atoms with Crippen LogP contribution in [-0.4, -0.2) is 27.3 Å². The topological polar surface area (TPSA) is 118 Å². The number of hydrazine groups is 1. The zero-order chi connectivity index (χ0) is 23.5. The number of imidazole rings is 1. The highest BCUT2D eigenvalue weighted by Crippen LogP contribution is 2.19. The molecule has 0 saturated carbocycles. The summed E-state index contributed by atoms with van der Waals surface area (Å²) in [6, 6.07) is 13.2. The lowest BCUT2D eigenvalue weighted by atomic mass is 10.1. The van der Waals surface area contributed by atoms with Crippen LogP contribution in [0.2, 0.25) is 0 Å². The minimum atomic E-state index is -0.524. The molecule has 2 aromatic carbocycles.